The molecule has 90 valence electrons. The monoisotopic (exact) mass is 242 g/mol. The fourth-order valence-corrected chi connectivity index (χ4v) is 2.28. The third-order valence-electron chi connectivity index (χ3n) is 2.51. The summed E-state index contributed by atoms with van der Waals surface area (Å²) in [7, 11) is -1.10. The molecule has 0 bridgehead atoms. The molecule has 1 N–H and O–H groups in total. The average Bonchev–Trinajstić information content (AvgIpc) is 2.20. The van der Waals surface area contributed by atoms with E-state index in [0.29, 0.717) is 6.42 Å². The van der Waals surface area contributed by atoms with E-state index < -0.39 is 9.84 Å². The van der Waals surface area contributed by atoms with Crippen LogP contribution >= 0.6 is 0 Å². The largest absolute Gasteiger partial charge is 0.312 e. The summed E-state index contributed by atoms with van der Waals surface area (Å²) in [4.78, 5) is 4.29. The maximum Gasteiger partial charge on any atom is 0.147 e. The lowest BCUT2D eigenvalue weighted by Gasteiger charge is -2.16. The van der Waals surface area contributed by atoms with Crippen molar-refractivity contribution in [2.45, 2.75) is 19.4 Å². The molecule has 1 rings (SSSR count). The first kappa shape index (κ1) is 13.1. The molecular formula is C11H18N2O2S. The number of hydrogen-bond donors (Lipinski definition) is 1. The highest BCUT2D eigenvalue weighted by molar-refractivity contribution is 7.90. The Morgan fingerprint density at radius 3 is 2.69 bits per heavy atom. The Kier molecular flexibility index (Phi) is 4.44. The van der Waals surface area contributed by atoms with E-state index in [4.69, 9.17) is 0 Å². The lowest BCUT2D eigenvalue weighted by Crippen LogP contribution is -2.21. The Morgan fingerprint density at radius 1 is 1.50 bits per heavy atom. The Labute approximate surface area is 97.0 Å². The second-order valence-corrected chi connectivity index (χ2v) is 6.23. The van der Waals surface area contributed by atoms with Crippen LogP contribution in [-0.2, 0) is 9.84 Å². The number of rotatable bonds is 5. The number of sulfone groups is 1. The lowest BCUT2D eigenvalue weighted by molar-refractivity contribution is 0.546. The molecule has 0 saturated carbocycles. The van der Waals surface area contributed by atoms with E-state index >= 15 is 0 Å². The minimum absolute atomic E-state index is 0.00377. The molecular weight excluding hydrogens is 224 g/mol. The third kappa shape index (κ3) is 3.90. The van der Waals surface area contributed by atoms with Crippen LogP contribution < -0.4 is 5.32 Å². The molecule has 0 fully saturated rings. The number of pyridine rings is 1. The number of nitrogens with zero attached hydrogens (tertiary/aromatic N) is 1. The van der Waals surface area contributed by atoms with E-state index in [2.05, 4.69) is 10.3 Å². The molecule has 5 heteroatoms. The lowest BCUT2D eigenvalue weighted by atomic mass is 10.1. The molecule has 16 heavy (non-hydrogen) atoms. The second-order valence-electron chi connectivity index (χ2n) is 3.97. The second kappa shape index (κ2) is 5.41. The van der Waals surface area contributed by atoms with E-state index in [1.807, 2.05) is 26.1 Å². The van der Waals surface area contributed by atoms with E-state index in [0.717, 1.165) is 11.3 Å². The summed E-state index contributed by atoms with van der Waals surface area (Å²) in [6.07, 6.45) is 3.53. The van der Waals surface area contributed by atoms with Crippen molar-refractivity contribution in [2.75, 3.05) is 19.1 Å². The molecule has 1 atom stereocenters. The maximum atomic E-state index is 11.1. The average molecular weight is 242 g/mol. The van der Waals surface area contributed by atoms with E-state index in [1.54, 1.807) is 6.20 Å². The summed E-state index contributed by atoms with van der Waals surface area (Å²) >= 11 is 0. The molecule has 0 spiro atoms. The first-order valence-electron chi connectivity index (χ1n) is 5.20. The van der Waals surface area contributed by atoms with Gasteiger partial charge in [0, 0.05) is 12.5 Å². The predicted octanol–water partition coefficient (Wildman–Crippen LogP) is 1.09. The van der Waals surface area contributed by atoms with Gasteiger partial charge < -0.3 is 5.32 Å². The first-order chi connectivity index (χ1) is 7.44. The van der Waals surface area contributed by atoms with Crippen molar-refractivity contribution in [3.63, 3.8) is 0 Å². The number of aryl methyl sites for hydroxylation is 1. The Bertz CT molecular complexity index is 443. The van der Waals surface area contributed by atoms with Crippen LogP contribution in [0.1, 0.15) is 23.7 Å². The minimum atomic E-state index is -2.92. The first-order valence-corrected chi connectivity index (χ1v) is 7.26. The molecule has 0 aromatic carbocycles. The zero-order valence-corrected chi connectivity index (χ0v) is 10.7. The summed E-state index contributed by atoms with van der Waals surface area (Å²) in [6.45, 7) is 1.98. The molecule has 1 aromatic heterocycles. The van der Waals surface area contributed by atoms with Crippen LogP contribution in [-0.4, -0.2) is 32.5 Å². The highest BCUT2D eigenvalue weighted by Gasteiger charge is 2.15. The molecule has 0 radical (unpaired) electrons. The number of aromatic nitrogens is 1. The standard InChI is InChI=1S/C11H18N2O2S/c1-9-5-4-7-13-11(9)10(12-2)6-8-16(3,14)15/h4-5,7,10,12H,6,8H2,1-3H3. The fraction of sp³-hybridized carbons (Fsp3) is 0.545. The van der Waals surface area contributed by atoms with Crippen molar-refractivity contribution in [1.82, 2.24) is 10.3 Å². The smallest absolute Gasteiger partial charge is 0.147 e. The maximum absolute atomic E-state index is 11.1. The predicted molar refractivity (Wildman–Crippen MR) is 65.1 cm³/mol. The minimum Gasteiger partial charge on any atom is -0.312 e. The zero-order valence-electron chi connectivity index (χ0n) is 9.90. The van der Waals surface area contributed by atoms with E-state index in [-0.39, 0.29) is 11.8 Å². The van der Waals surface area contributed by atoms with Gasteiger partial charge in [0.1, 0.15) is 9.84 Å². The van der Waals surface area contributed by atoms with Gasteiger partial charge in [-0.05, 0) is 32.0 Å². The van der Waals surface area contributed by atoms with Crippen molar-refractivity contribution in [1.29, 1.82) is 0 Å². The van der Waals surface area contributed by atoms with Gasteiger partial charge in [-0.1, -0.05) is 6.07 Å². The van der Waals surface area contributed by atoms with Gasteiger partial charge >= 0.3 is 0 Å². The van der Waals surface area contributed by atoms with Crippen LogP contribution in [0.3, 0.4) is 0 Å². The number of nitrogens with one attached hydrogen (secondary N) is 1. The Hall–Kier alpha value is -0.940. The Balaban J connectivity index is 2.79. The van der Waals surface area contributed by atoms with Gasteiger partial charge in [0.15, 0.2) is 0 Å². The quantitative estimate of drug-likeness (QED) is 0.839. The molecule has 0 aliphatic rings. The molecule has 1 aromatic rings. The molecule has 1 unspecified atom stereocenters. The third-order valence-corrected chi connectivity index (χ3v) is 3.48. The fourth-order valence-electron chi connectivity index (χ4n) is 1.61. The molecule has 0 amide bonds. The molecule has 4 nitrogen and oxygen atoms in total. The topological polar surface area (TPSA) is 59.1 Å². The summed E-state index contributed by atoms with van der Waals surface area (Å²) in [5.41, 5.74) is 2.00. The normalized spacial score (nSPS) is 13.7. The van der Waals surface area contributed by atoms with Crippen LogP contribution in [0.5, 0.6) is 0 Å². The van der Waals surface area contributed by atoms with Crippen molar-refractivity contribution < 1.29 is 8.42 Å². The molecule has 1 heterocycles. The Morgan fingerprint density at radius 2 is 2.19 bits per heavy atom. The van der Waals surface area contributed by atoms with Crippen LogP contribution in [0.2, 0.25) is 0 Å². The summed E-state index contributed by atoms with van der Waals surface area (Å²) in [5.74, 6) is 0.175. The molecule has 0 aliphatic carbocycles. The van der Waals surface area contributed by atoms with Gasteiger partial charge in [0.25, 0.3) is 0 Å². The summed E-state index contributed by atoms with van der Waals surface area (Å²) in [5, 5.41) is 3.10. The molecule has 0 saturated heterocycles. The van der Waals surface area contributed by atoms with E-state index in [1.165, 1.54) is 6.26 Å². The van der Waals surface area contributed by atoms with Crippen molar-refractivity contribution >= 4 is 9.84 Å². The van der Waals surface area contributed by atoms with Gasteiger partial charge in [0.2, 0.25) is 0 Å². The van der Waals surface area contributed by atoms with Crippen molar-refractivity contribution in [3.05, 3.63) is 29.6 Å². The van der Waals surface area contributed by atoms with Crippen molar-refractivity contribution in [2.24, 2.45) is 0 Å². The zero-order chi connectivity index (χ0) is 12.2. The van der Waals surface area contributed by atoms with Crippen LogP contribution in [0, 0.1) is 6.92 Å². The van der Waals surface area contributed by atoms with Gasteiger partial charge in [-0.15, -0.1) is 0 Å². The van der Waals surface area contributed by atoms with Gasteiger partial charge in [-0.3, -0.25) is 4.98 Å². The van der Waals surface area contributed by atoms with Crippen LogP contribution in [0.25, 0.3) is 0 Å². The van der Waals surface area contributed by atoms with Crippen LogP contribution in [0.4, 0.5) is 0 Å². The van der Waals surface area contributed by atoms with Crippen molar-refractivity contribution in [3.8, 4) is 0 Å². The number of hydrogen-bond acceptors (Lipinski definition) is 4. The van der Waals surface area contributed by atoms with Gasteiger partial charge in [0.05, 0.1) is 17.5 Å². The van der Waals surface area contributed by atoms with Gasteiger partial charge in [-0.2, -0.15) is 0 Å². The summed E-state index contributed by atoms with van der Waals surface area (Å²) < 4.78 is 22.2. The van der Waals surface area contributed by atoms with Gasteiger partial charge in [-0.25, -0.2) is 8.42 Å². The van der Waals surface area contributed by atoms with Crippen LogP contribution in [0.15, 0.2) is 18.3 Å². The summed E-state index contributed by atoms with van der Waals surface area (Å²) in [6, 6.07) is 3.85. The molecule has 0 aliphatic heterocycles. The highest BCUT2D eigenvalue weighted by atomic mass is 32.2. The highest BCUT2D eigenvalue weighted by Crippen LogP contribution is 2.17. The van der Waals surface area contributed by atoms with E-state index in [9.17, 15) is 8.42 Å². The SMILES string of the molecule is CNC(CCS(C)(=O)=O)c1ncccc1C.